The third-order valence-corrected chi connectivity index (χ3v) is 16.7. The molecule has 0 spiro atoms. The minimum Gasteiger partial charge on any atom is -0.394 e. The molecule has 3 fully saturated rings. The second kappa shape index (κ2) is 54.2. The first-order valence-electron chi connectivity index (χ1n) is 35.3. The van der Waals surface area contributed by atoms with Crippen LogP contribution in [0.2, 0.25) is 0 Å². The average Bonchev–Trinajstić information content (AvgIpc) is 0.798. The first-order chi connectivity index (χ1) is 45.3. The molecular formula is C74H123NO18. The molecule has 12 N–H and O–H groups in total. The third-order valence-electron chi connectivity index (χ3n) is 16.7. The first-order valence-corrected chi connectivity index (χ1v) is 35.3. The molecule has 3 saturated heterocycles. The molecule has 3 aliphatic rings. The maximum atomic E-state index is 13.3. The summed E-state index contributed by atoms with van der Waals surface area (Å²) >= 11 is 0. The van der Waals surface area contributed by atoms with Gasteiger partial charge in [0.25, 0.3) is 0 Å². The van der Waals surface area contributed by atoms with E-state index in [9.17, 15) is 61.0 Å². The van der Waals surface area contributed by atoms with Crippen LogP contribution in [0.1, 0.15) is 206 Å². The summed E-state index contributed by atoms with van der Waals surface area (Å²) < 4.78 is 34.2. The van der Waals surface area contributed by atoms with Gasteiger partial charge in [-0.25, -0.2) is 0 Å². The van der Waals surface area contributed by atoms with Gasteiger partial charge in [0.1, 0.15) is 73.2 Å². The van der Waals surface area contributed by atoms with Crippen LogP contribution in [0.15, 0.2) is 122 Å². The topological polar surface area (TPSA) is 307 Å². The van der Waals surface area contributed by atoms with E-state index in [2.05, 4.69) is 129 Å². The van der Waals surface area contributed by atoms with E-state index in [0.717, 1.165) is 89.9 Å². The number of unbranched alkanes of at least 4 members (excludes halogenated alkanes) is 18. The van der Waals surface area contributed by atoms with Gasteiger partial charge in [-0.2, -0.15) is 0 Å². The van der Waals surface area contributed by atoms with Crippen molar-refractivity contribution in [1.82, 2.24) is 5.32 Å². The molecule has 0 aliphatic carbocycles. The second-order valence-electron chi connectivity index (χ2n) is 24.6. The summed E-state index contributed by atoms with van der Waals surface area (Å²) in [5, 5.41) is 120. The lowest BCUT2D eigenvalue weighted by Gasteiger charge is -2.48. The van der Waals surface area contributed by atoms with Crippen molar-refractivity contribution >= 4 is 5.91 Å². The molecule has 0 aromatic rings. The first kappa shape index (κ1) is 83.4. The molecule has 17 unspecified atom stereocenters. The highest BCUT2D eigenvalue weighted by Gasteiger charge is 2.53. The molecule has 19 nitrogen and oxygen atoms in total. The van der Waals surface area contributed by atoms with E-state index in [4.69, 9.17) is 28.4 Å². The molecule has 0 saturated carbocycles. The SMILES string of the molecule is CC/C=C\C/C=C\C/C=C\C/C=C\C/C=C\C/C=C\C/C=C\C/C=C\CCCCCCCCCCCCCCCCCCC(=O)NC(COC1OC(CO)C(OC2OC(CO)C(OC3OC(CO)C(O)C(O)C3O)C(O)C2O)C(O)C1O)C(O)/C=C/CC/C=C/CCC. The smallest absolute Gasteiger partial charge is 0.220 e. The van der Waals surface area contributed by atoms with Gasteiger partial charge in [-0.05, 0) is 89.9 Å². The number of carbonyl (C=O) groups is 1. The Labute approximate surface area is 557 Å². The standard InChI is InChI=1S/C74H123NO18/c1-3-5-7-9-11-12-13-14-15-16-17-18-19-20-21-22-23-24-25-26-27-28-29-30-31-32-33-34-35-36-37-38-39-40-41-42-43-44-46-48-50-52-62(80)75-57(58(79)51-49-47-45-10-8-6-4-2)56-88-72-68(86)65(83)70(60(54-77)90-72)93-74-69(87)66(84)71(61(55-78)91-74)92-73-67(85)64(82)63(81)59(53-76)89-73/h5,7-8,10-12,14-15,17-18,20-21,23-24,26-27,29-30,49,51,57-61,63-74,76-79,81-87H,3-4,6,9,13,16,19,22,25,28,31-48,50,52-56H2,1-2H3,(H,75,80)/b7-5-,10-8+,12-11-,15-14-,18-17-,21-20-,24-23-,27-26-,30-29-,51-49+. The number of amides is 1. The minimum absolute atomic E-state index is 0.229. The average molecular weight is 1310 g/mol. The number of hydrogen-bond donors (Lipinski definition) is 12. The summed E-state index contributed by atoms with van der Waals surface area (Å²) in [7, 11) is 0. The highest BCUT2D eigenvalue weighted by atomic mass is 16.8. The van der Waals surface area contributed by atoms with Gasteiger partial charge >= 0.3 is 0 Å². The molecule has 3 rings (SSSR count). The van der Waals surface area contributed by atoms with Crippen molar-refractivity contribution in [1.29, 1.82) is 0 Å². The molecule has 3 heterocycles. The van der Waals surface area contributed by atoms with Crippen molar-refractivity contribution < 1.29 is 89.4 Å². The molecule has 0 aromatic heterocycles. The lowest BCUT2D eigenvalue weighted by molar-refractivity contribution is -0.379. The maximum Gasteiger partial charge on any atom is 0.220 e. The largest absolute Gasteiger partial charge is 0.394 e. The van der Waals surface area contributed by atoms with Gasteiger partial charge in [-0.1, -0.05) is 232 Å². The van der Waals surface area contributed by atoms with Crippen molar-refractivity contribution in [2.24, 2.45) is 0 Å². The van der Waals surface area contributed by atoms with Crippen LogP contribution in [0.3, 0.4) is 0 Å². The normalized spacial score (nSPS) is 28.3. The van der Waals surface area contributed by atoms with E-state index in [1.807, 2.05) is 6.08 Å². The Morgan fingerprint density at radius 1 is 0.398 bits per heavy atom. The maximum absolute atomic E-state index is 13.3. The van der Waals surface area contributed by atoms with Gasteiger partial charge in [0.15, 0.2) is 18.9 Å². The lowest BCUT2D eigenvalue weighted by Crippen LogP contribution is -2.66. The van der Waals surface area contributed by atoms with Crippen LogP contribution < -0.4 is 5.32 Å². The Kier molecular flexibility index (Phi) is 48.6. The summed E-state index contributed by atoms with van der Waals surface area (Å²) in [6, 6.07) is -0.992. The van der Waals surface area contributed by atoms with Crippen LogP contribution in [-0.4, -0.2) is 193 Å². The number of aliphatic hydroxyl groups is 11. The van der Waals surface area contributed by atoms with Crippen LogP contribution in [0, 0.1) is 0 Å². The Hall–Kier alpha value is -3.81. The Morgan fingerprint density at radius 3 is 1.19 bits per heavy atom. The Bertz CT molecular complexity index is 2160. The van der Waals surface area contributed by atoms with Gasteiger partial charge in [0.2, 0.25) is 5.91 Å². The van der Waals surface area contributed by atoms with Gasteiger partial charge in [-0.3, -0.25) is 4.79 Å². The summed E-state index contributed by atoms with van der Waals surface area (Å²) in [6.07, 6.45) is 48.4. The van der Waals surface area contributed by atoms with Crippen LogP contribution in [0.25, 0.3) is 0 Å². The lowest BCUT2D eigenvalue weighted by atomic mass is 9.96. The number of aliphatic hydroxyl groups excluding tert-OH is 11. The Morgan fingerprint density at radius 2 is 0.753 bits per heavy atom. The minimum atomic E-state index is -1.98. The quantitative estimate of drug-likeness (QED) is 0.0199. The van der Waals surface area contributed by atoms with E-state index in [0.29, 0.717) is 12.8 Å². The van der Waals surface area contributed by atoms with E-state index in [1.54, 1.807) is 6.08 Å². The fraction of sp³-hybridized carbons (Fsp3) is 0.716. The second-order valence-corrected chi connectivity index (χ2v) is 24.6. The number of allylic oxidation sites excluding steroid dienone is 19. The van der Waals surface area contributed by atoms with Crippen LogP contribution in [-0.2, 0) is 33.2 Å². The van der Waals surface area contributed by atoms with Crippen molar-refractivity contribution in [2.75, 3.05) is 26.4 Å². The number of nitrogens with one attached hydrogen (secondary N) is 1. The summed E-state index contributed by atoms with van der Waals surface area (Å²) in [4.78, 5) is 13.3. The third kappa shape index (κ3) is 35.8. The zero-order valence-electron chi connectivity index (χ0n) is 56.2. The van der Waals surface area contributed by atoms with Crippen LogP contribution in [0.5, 0.6) is 0 Å². The predicted octanol–water partition coefficient (Wildman–Crippen LogP) is 9.60. The zero-order chi connectivity index (χ0) is 67.5. The molecule has 3 aliphatic heterocycles. The number of rotatable bonds is 52. The summed E-state index contributed by atoms with van der Waals surface area (Å²) in [6.45, 7) is 1.45. The molecule has 17 atom stereocenters. The van der Waals surface area contributed by atoms with Crippen molar-refractivity contribution in [3.8, 4) is 0 Å². The van der Waals surface area contributed by atoms with Gasteiger partial charge in [0.05, 0.1) is 38.6 Å². The summed E-state index contributed by atoms with van der Waals surface area (Å²) in [5.74, 6) is -0.295. The Balaban J connectivity index is 1.25. The molecule has 1 amide bonds. The molecule has 19 heteroatoms. The highest BCUT2D eigenvalue weighted by Crippen LogP contribution is 2.33. The fourth-order valence-corrected chi connectivity index (χ4v) is 11.1. The monoisotopic (exact) mass is 1310 g/mol. The number of hydrogen-bond acceptors (Lipinski definition) is 18. The number of carbonyl (C=O) groups excluding carboxylic acids is 1. The van der Waals surface area contributed by atoms with Crippen molar-refractivity contribution in [3.05, 3.63) is 122 Å². The van der Waals surface area contributed by atoms with E-state index in [-0.39, 0.29) is 18.9 Å². The fourth-order valence-electron chi connectivity index (χ4n) is 11.1. The predicted molar refractivity (Wildman–Crippen MR) is 364 cm³/mol. The molecule has 532 valence electrons. The van der Waals surface area contributed by atoms with Crippen molar-refractivity contribution in [2.45, 2.75) is 311 Å². The van der Waals surface area contributed by atoms with Crippen LogP contribution in [0.4, 0.5) is 0 Å². The molecular weight excluding hydrogens is 1190 g/mol. The van der Waals surface area contributed by atoms with Gasteiger partial charge < -0.3 is 89.9 Å². The summed E-state index contributed by atoms with van der Waals surface area (Å²) in [5.41, 5.74) is 0. The number of ether oxygens (including phenoxy) is 6. The van der Waals surface area contributed by atoms with Gasteiger partial charge in [0, 0.05) is 6.42 Å². The molecule has 0 radical (unpaired) electrons. The molecule has 93 heavy (non-hydrogen) atoms. The highest BCUT2D eigenvalue weighted by molar-refractivity contribution is 5.76. The molecule has 0 bridgehead atoms. The van der Waals surface area contributed by atoms with Gasteiger partial charge in [-0.15, -0.1) is 0 Å². The van der Waals surface area contributed by atoms with Crippen LogP contribution >= 0.6 is 0 Å². The van der Waals surface area contributed by atoms with Crippen molar-refractivity contribution in [3.63, 3.8) is 0 Å². The van der Waals surface area contributed by atoms with E-state index in [1.165, 1.54) is 83.5 Å². The zero-order valence-corrected chi connectivity index (χ0v) is 56.2. The van der Waals surface area contributed by atoms with E-state index >= 15 is 0 Å². The molecule has 0 aromatic carbocycles. The van der Waals surface area contributed by atoms with E-state index < -0.39 is 124 Å².